The molecule has 5 heteroatoms. The number of carbonyl (C=O) groups excluding carboxylic acids is 1. The van der Waals surface area contributed by atoms with Gasteiger partial charge in [-0.05, 0) is 19.9 Å². The number of nitrogens with one attached hydrogen (secondary N) is 2. The summed E-state index contributed by atoms with van der Waals surface area (Å²) in [6, 6.07) is 1.81. The quantitative estimate of drug-likeness (QED) is 0.854. The van der Waals surface area contributed by atoms with Crippen molar-refractivity contribution in [1.82, 2.24) is 15.1 Å². The molecule has 1 aliphatic carbocycles. The fourth-order valence-electron chi connectivity index (χ4n) is 2.72. The first-order chi connectivity index (χ1) is 8.63. The lowest BCUT2D eigenvalue weighted by atomic mass is 9.79. The zero-order valence-corrected chi connectivity index (χ0v) is 11.2. The molecule has 0 bridgehead atoms. The molecule has 100 valence electrons. The highest BCUT2D eigenvalue weighted by atomic mass is 16.1. The molecule has 0 aliphatic heterocycles. The highest BCUT2D eigenvalue weighted by Crippen LogP contribution is 2.30. The Morgan fingerprint density at radius 2 is 2.17 bits per heavy atom. The van der Waals surface area contributed by atoms with Crippen LogP contribution in [0.3, 0.4) is 0 Å². The predicted octanol–water partition coefficient (Wildman–Crippen LogP) is 1.67. The summed E-state index contributed by atoms with van der Waals surface area (Å²) in [6.07, 6.45) is 8.21. The normalized spacial score (nSPS) is 18.6. The third-order valence-electron chi connectivity index (χ3n) is 3.82. The fourth-order valence-corrected chi connectivity index (χ4v) is 2.72. The predicted molar refractivity (Wildman–Crippen MR) is 71.3 cm³/mol. The Labute approximate surface area is 108 Å². The molecule has 0 aromatic carbocycles. The van der Waals surface area contributed by atoms with E-state index in [1.165, 1.54) is 19.3 Å². The first-order valence-corrected chi connectivity index (χ1v) is 6.62. The Bertz CT molecular complexity index is 407. The van der Waals surface area contributed by atoms with Crippen molar-refractivity contribution in [3.05, 3.63) is 12.3 Å². The second-order valence-electron chi connectivity index (χ2n) is 5.19. The van der Waals surface area contributed by atoms with Crippen molar-refractivity contribution in [1.29, 1.82) is 0 Å². The SMILES string of the molecule is CNC1(CC(=O)Nc2ccn(C)n2)CCCCC1. The van der Waals surface area contributed by atoms with Gasteiger partial charge in [-0.15, -0.1) is 0 Å². The molecule has 2 N–H and O–H groups in total. The minimum Gasteiger partial charge on any atom is -0.314 e. The van der Waals surface area contributed by atoms with Crippen LogP contribution >= 0.6 is 0 Å². The minimum atomic E-state index is -0.0168. The molecule has 1 saturated carbocycles. The number of hydrogen-bond acceptors (Lipinski definition) is 3. The number of nitrogens with zero attached hydrogens (tertiary/aromatic N) is 2. The molecule has 1 aromatic heterocycles. The van der Waals surface area contributed by atoms with E-state index < -0.39 is 0 Å². The summed E-state index contributed by atoms with van der Waals surface area (Å²) in [4.78, 5) is 12.1. The second kappa shape index (κ2) is 5.52. The third-order valence-corrected chi connectivity index (χ3v) is 3.82. The van der Waals surface area contributed by atoms with Crippen LogP contribution in [0.15, 0.2) is 12.3 Å². The van der Waals surface area contributed by atoms with Crippen LogP contribution in [0.4, 0.5) is 5.82 Å². The number of hydrogen-bond donors (Lipinski definition) is 2. The summed E-state index contributed by atoms with van der Waals surface area (Å²) >= 11 is 0. The summed E-state index contributed by atoms with van der Waals surface area (Å²) in [5.74, 6) is 0.675. The Morgan fingerprint density at radius 1 is 1.44 bits per heavy atom. The molecule has 1 aromatic rings. The van der Waals surface area contributed by atoms with Gasteiger partial charge in [0, 0.05) is 31.3 Å². The molecule has 1 heterocycles. The zero-order chi connectivity index (χ0) is 13.0. The van der Waals surface area contributed by atoms with Crippen LogP contribution in [0.1, 0.15) is 38.5 Å². The van der Waals surface area contributed by atoms with Gasteiger partial charge >= 0.3 is 0 Å². The Morgan fingerprint density at radius 3 is 2.72 bits per heavy atom. The summed E-state index contributed by atoms with van der Waals surface area (Å²) < 4.78 is 1.68. The standard InChI is InChI=1S/C13H22N4O/c1-14-13(7-4-3-5-8-13)10-12(18)15-11-6-9-17(2)16-11/h6,9,14H,3-5,7-8,10H2,1-2H3,(H,15,16,18). The van der Waals surface area contributed by atoms with Crippen molar-refractivity contribution in [2.24, 2.45) is 7.05 Å². The van der Waals surface area contributed by atoms with Crippen molar-refractivity contribution in [3.8, 4) is 0 Å². The van der Waals surface area contributed by atoms with Gasteiger partial charge in [0.1, 0.15) is 0 Å². The van der Waals surface area contributed by atoms with Crippen molar-refractivity contribution < 1.29 is 4.79 Å². The fraction of sp³-hybridized carbons (Fsp3) is 0.692. The highest BCUT2D eigenvalue weighted by molar-refractivity contribution is 5.90. The van der Waals surface area contributed by atoms with Gasteiger partial charge in [-0.25, -0.2) is 0 Å². The van der Waals surface area contributed by atoms with Crippen molar-refractivity contribution in [2.45, 2.75) is 44.1 Å². The van der Waals surface area contributed by atoms with E-state index in [1.54, 1.807) is 4.68 Å². The van der Waals surface area contributed by atoms with Crippen molar-refractivity contribution in [2.75, 3.05) is 12.4 Å². The lowest BCUT2D eigenvalue weighted by Gasteiger charge is -2.36. The molecule has 0 atom stereocenters. The van der Waals surface area contributed by atoms with E-state index in [2.05, 4.69) is 15.7 Å². The van der Waals surface area contributed by atoms with Gasteiger partial charge in [0.25, 0.3) is 0 Å². The van der Waals surface area contributed by atoms with E-state index in [0.29, 0.717) is 12.2 Å². The maximum atomic E-state index is 12.1. The van der Waals surface area contributed by atoms with Crippen LogP contribution in [-0.2, 0) is 11.8 Å². The van der Waals surface area contributed by atoms with Gasteiger partial charge in [-0.1, -0.05) is 19.3 Å². The minimum absolute atomic E-state index is 0.0168. The van der Waals surface area contributed by atoms with E-state index in [1.807, 2.05) is 26.4 Å². The molecule has 5 nitrogen and oxygen atoms in total. The molecular weight excluding hydrogens is 228 g/mol. The van der Waals surface area contributed by atoms with E-state index in [-0.39, 0.29) is 11.4 Å². The molecular formula is C13H22N4O. The van der Waals surface area contributed by atoms with Gasteiger partial charge in [-0.2, -0.15) is 5.10 Å². The number of rotatable bonds is 4. The number of carbonyl (C=O) groups is 1. The first kappa shape index (κ1) is 13.1. The first-order valence-electron chi connectivity index (χ1n) is 6.62. The van der Waals surface area contributed by atoms with E-state index >= 15 is 0 Å². The summed E-state index contributed by atoms with van der Waals surface area (Å²) in [5, 5.41) is 10.4. The van der Waals surface area contributed by atoms with Crippen molar-refractivity contribution in [3.63, 3.8) is 0 Å². The topological polar surface area (TPSA) is 59.0 Å². The van der Waals surface area contributed by atoms with E-state index in [0.717, 1.165) is 12.8 Å². The maximum Gasteiger partial charge on any atom is 0.227 e. The molecule has 2 rings (SSSR count). The Balaban J connectivity index is 1.93. The molecule has 1 aliphatic rings. The van der Waals surface area contributed by atoms with E-state index in [4.69, 9.17) is 0 Å². The number of aromatic nitrogens is 2. The summed E-state index contributed by atoms with van der Waals surface area (Å²) in [7, 11) is 3.80. The largest absolute Gasteiger partial charge is 0.314 e. The monoisotopic (exact) mass is 250 g/mol. The van der Waals surface area contributed by atoms with Crippen LogP contribution in [0.2, 0.25) is 0 Å². The van der Waals surface area contributed by atoms with Crippen LogP contribution in [0, 0.1) is 0 Å². The van der Waals surface area contributed by atoms with Crippen LogP contribution in [0.5, 0.6) is 0 Å². The van der Waals surface area contributed by atoms with Crippen molar-refractivity contribution >= 4 is 11.7 Å². The van der Waals surface area contributed by atoms with Gasteiger partial charge in [0.05, 0.1) is 0 Å². The number of amides is 1. The Hall–Kier alpha value is -1.36. The third kappa shape index (κ3) is 3.10. The molecule has 1 amide bonds. The van der Waals surface area contributed by atoms with Gasteiger partial charge in [-0.3, -0.25) is 9.48 Å². The Kier molecular flexibility index (Phi) is 4.01. The van der Waals surface area contributed by atoms with Crippen LogP contribution < -0.4 is 10.6 Å². The highest BCUT2D eigenvalue weighted by Gasteiger charge is 2.32. The molecule has 0 unspecified atom stereocenters. The van der Waals surface area contributed by atoms with Gasteiger partial charge < -0.3 is 10.6 Å². The molecule has 1 fully saturated rings. The zero-order valence-electron chi connectivity index (χ0n) is 11.2. The molecule has 0 radical (unpaired) electrons. The van der Waals surface area contributed by atoms with Gasteiger partial charge in [0.2, 0.25) is 5.91 Å². The van der Waals surface area contributed by atoms with Gasteiger partial charge in [0.15, 0.2) is 5.82 Å². The molecule has 18 heavy (non-hydrogen) atoms. The maximum absolute atomic E-state index is 12.1. The summed E-state index contributed by atoms with van der Waals surface area (Å²) in [5.41, 5.74) is -0.0168. The smallest absolute Gasteiger partial charge is 0.227 e. The summed E-state index contributed by atoms with van der Waals surface area (Å²) in [6.45, 7) is 0. The van der Waals surface area contributed by atoms with Crippen LogP contribution in [0.25, 0.3) is 0 Å². The molecule has 0 spiro atoms. The number of anilines is 1. The van der Waals surface area contributed by atoms with E-state index in [9.17, 15) is 4.79 Å². The lowest BCUT2D eigenvalue weighted by Crippen LogP contribution is -2.47. The molecule has 0 saturated heterocycles. The average Bonchev–Trinajstić information content (AvgIpc) is 2.75. The average molecular weight is 250 g/mol. The van der Waals surface area contributed by atoms with Crippen LogP contribution in [-0.4, -0.2) is 28.3 Å². The number of aryl methyl sites for hydroxylation is 1. The lowest BCUT2D eigenvalue weighted by molar-refractivity contribution is -0.118. The second-order valence-corrected chi connectivity index (χ2v) is 5.19.